The van der Waals surface area contributed by atoms with E-state index in [0.717, 1.165) is 51.7 Å². The Bertz CT molecular complexity index is 1490. The number of benzene rings is 3. The zero-order valence-corrected chi connectivity index (χ0v) is 21.6. The standard InChI is InChI=1S/C29H30N2O4S/c1-4-6-7-15-28(32)35-30-20(3)29(33)21-16-17-27-25(18-21)24-13-8-9-14-26(24)31(27)22-11-10-12-23(19-22)36(34)5-2/h8-14,16-19H,4-7,15H2,1-3H3. The van der Waals surface area contributed by atoms with Crippen LogP contribution in [-0.4, -0.2) is 32.0 Å². The van der Waals surface area contributed by atoms with Crippen LogP contribution in [0.15, 0.2) is 76.8 Å². The Hall–Kier alpha value is -3.58. The summed E-state index contributed by atoms with van der Waals surface area (Å²) in [6, 6.07) is 21.3. The van der Waals surface area contributed by atoms with Gasteiger partial charge in [0, 0.05) is 39.1 Å². The summed E-state index contributed by atoms with van der Waals surface area (Å²) in [6.45, 7) is 5.52. The fraction of sp³-hybridized carbons (Fsp3) is 0.276. The van der Waals surface area contributed by atoms with Crippen LogP contribution in [0.3, 0.4) is 0 Å². The minimum absolute atomic E-state index is 0.122. The molecule has 1 aromatic heterocycles. The molecular weight excluding hydrogens is 472 g/mol. The number of aromatic nitrogens is 1. The Morgan fingerprint density at radius 2 is 1.69 bits per heavy atom. The van der Waals surface area contributed by atoms with Crippen molar-refractivity contribution in [1.29, 1.82) is 0 Å². The first-order valence-corrected chi connectivity index (χ1v) is 13.6. The van der Waals surface area contributed by atoms with E-state index in [4.69, 9.17) is 4.84 Å². The number of hydrogen-bond donors (Lipinski definition) is 0. The number of fused-ring (bicyclic) bond motifs is 3. The van der Waals surface area contributed by atoms with E-state index in [0.29, 0.717) is 11.3 Å². The number of carbonyl (C=O) groups is 2. The molecule has 0 amide bonds. The summed E-state index contributed by atoms with van der Waals surface area (Å²) in [6.07, 6.45) is 2.99. The largest absolute Gasteiger partial charge is 0.335 e. The van der Waals surface area contributed by atoms with Gasteiger partial charge < -0.3 is 9.40 Å². The summed E-state index contributed by atoms with van der Waals surface area (Å²) < 4.78 is 14.5. The lowest BCUT2D eigenvalue weighted by Gasteiger charge is -2.10. The smallest absolute Gasteiger partial charge is 0.318 e. The first kappa shape index (κ1) is 25.5. The zero-order chi connectivity index (χ0) is 25.7. The summed E-state index contributed by atoms with van der Waals surface area (Å²) in [5.41, 5.74) is 3.42. The Morgan fingerprint density at radius 3 is 2.47 bits per heavy atom. The molecule has 1 unspecified atom stereocenters. The zero-order valence-electron chi connectivity index (χ0n) is 20.8. The van der Waals surface area contributed by atoms with E-state index in [2.05, 4.69) is 16.6 Å². The number of hydrogen-bond acceptors (Lipinski definition) is 5. The van der Waals surface area contributed by atoms with E-state index in [1.54, 1.807) is 13.0 Å². The van der Waals surface area contributed by atoms with Crippen LogP contribution in [-0.2, 0) is 20.4 Å². The molecule has 4 rings (SSSR count). The van der Waals surface area contributed by atoms with Crippen molar-refractivity contribution >= 4 is 50.1 Å². The molecule has 1 heterocycles. The number of nitrogens with zero attached hydrogens (tertiary/aromatic N) is 2. The number of unbranched alkanes of at least 4 members (excludes halogenated alkanes) is 2. The van der Waals surface area contributed by atoms with Crippen molar-refractivity contribution in [1.82, 2.24) is 4.57 Å². The predicted molar refractivity (Wildman–Crippen MR) is 145 cm³/mol. The third kappa shape index (κ3) is 5.31. The van der Waals surface area contributed by atoms with Gasteiger partial charge >= 0.3 is 5.97 Å². The number of oxime groups is 1. The minimum atomic E-state index is -1.06. The maximum atomic E-state index is 13.1. The van der Waals surface area contributed by atoms with Crippen LogP contribution in [0.25, 0.3) is 27.5 Å². The summed E-state index contributed by atoms with van der Waals surface area (Å²) in [4.78, 5) is 30.7. The van der Waals surface area contributed by atoms with Crippen molar-refractivity contribution in [3.05, 3.63) is 72.3 Å². The summed E-state index contributed by atoms with van der Waals surface area (Å²) in [7, 11) is -1.06. The van der Waals surface area contributed by atoms with E-state index < -0.39 is 16.8 Å². The van der Waals surface area contributed by atoms with E-state index in [9.17, 15) is 13.8 Å². The minimum Gasteiger partial charge on any atom is -0.318 e. The lowest BCUT2D eigenvalue weighted by atomic mass is 10.0. The second-order valence-electron chi connectivity index (χ2n) is 8.64. The van der Waals surface area contributed by atoms with Crippen LogP contribution >= 0.6 is 0 Å². The van der Waals surface area contributed by atoms with E-state index in [-0.39, 0.29) is 17.9 Å². The highest BCUT2D eigenvalue weighted by Crippen LogP contribution is 2.33. The average Bonchev–Trinajstić information content (AvgIpc) is 3.24. The fourth-order valence-corrected chi connectivity index (χ4v) is 5.07. The molecule has 4 aromatic rings. The van der Waals surface area contributed by atoms with Gasteiger partial charge in [-0.25, -0.2) is 4.79 Å². The summed E-state index contributed by atoms with van der Waals surface area (Å²) >= 11 is 0. The van der Waals surface area contributed by atoms with Gasteiger partial charge in [-0.05, 0) is 55.8 Å². The Kier molecular flexibility index (Phi) is 8.10. The van der Waals surface area contributed by atoms with Gasteiger partial charge in [-0.3, -0.25) is 9.00 Å². The molecule has 186 valence electrons. The molecule has 0 saturated carbocycles. The molecule has 0 bridgehead atoms. The van der Waals surface area contributed by atoms with Crippen LogP contribution in [0.2, 0.25) is 0 Å². The number of ketones is 1. The number of Topliss-reactive ketones (excluding diaryl/α,β-unsaturated/α-hetero) is 1. The van der Waals surface area contributed by atoms with Crippen LogP contribution in [0.5, 0.6) is 0 Å². The highest BCUT2D eigenvalue weighted by atomic mass is 32.2. The molecular formula is C29H30N2O4S. The average molecular weight is 503 g/mol. The highest BCUT2D eigenvalue weighted by Gasteiger charge is 2.17. The SMILES string of the molecule is CCCCCC(=O)ON=C(C)C(=O)c1ccc2c(c1)c1ccccc1n2-c1cccc(S(=O)CC)c1. The Labute approximate surface area is 213 Å². The highest BCUT2D eigenvalue weighted by molar-refractivity contribution is 7.85. The first-order valence-electron chi connectivity index (χ1n) is 12.3. The van der Waals surface area contributed by atoms with Crippen LogP contribution in [0, 0.1) is 0 Å². The lowest BCUT2D eigenvalue weighted by Crippen LogP contribution is -2.12. The monoisotopic (exact) mass is 502 g/mol. The molecule has 0 fully saturated rings. The van der Waals surface area contributed by atoms with Gasteiger partial charge in [-0.15, -0.1) is 0 Å². The number of rotatable bonds is 10. The van der Waals surface area contributed by atoms with Crippen molar-refractivity contribution in [2.75, 3.05) is 5.75 Å². The quantitative estimate of drug-likeness (QED) is 0.0805. The molecule has 1 atom stereocenters. The van der Waals surface area contributed by atoms with Gasteiger partial charge in [0.15, 0.2) is 0 Å². The van der Waals surface area contributed by atoms with Crippen LogP contribution in [0.1, 0.15) is 56.8 Å². The molecule has 6 nitrogen and oxygen atoms in total. The molecule has 3 aromatic carbocycles. The van der Waals surface area contributed by atoms with E-state index in [1.165, 1.54) is 0 Å². The van der Waals surface area contributed by atoms with Crippen molar-refractivity contribution in [2.45, 2.75) is 51.3 Å². The number of carbonyl (C=O) groups excluding carboxylic acids is 2. The fourth-order valence-electron chi connectivity index (χ4n) is 4.26. The molecule has 0 spiro atoms. The van der Waals surface area contributed by atoms with E-state index in [1.807, 2.05) is 67.6 Å². The van der Waals surface area contributed by atoms with Crippen molar-refractivity contribution < 1.29 is 18.6 Å². The van der Waals surface area contributed by atoms with Gasteiger partial charge in [-0.2, -0.15) is 0 Å². The van der Waals surface area contributed by atoms with Crippen molar-refractivity contribution in [2.24, 2.45) is 5.16 Å². The molecule has 0 N–H and O–H groups in total. The van der Waals surface area contributed by atoms with Gasteiger partial charge in [0.25, 0.3) is 0 Å². The third-order valence-corrected chi connectivity index (χ3v) is 7.44. The molecule has 0 aliphatic rings. The van der Waals surface area contributed by atoms with Gasteiger partial charge in [0.05, 0.1) is 21.8 Å². The van der Waals surface area contributed by atoms with E-state index >= 15 is 0 Å². The van der Waals surface area contributed by atoms with Gasteiger partial charge in [0.2, 0.25) is 5.78 Å². The Morgan fingerprint density at radius 1 is 0.917 bits per heavy atom. The molecule has 36 heavy (non-hydrogen) atoms. The molecule has 0 aliphatic carbocycles. The summed E-state index contributed by atoms with van der Waals surface area (Å²) in [5.74, 6) is -0.173. The van der Waals surface area contributed by atoms with Gasteiger partial charge in [0.1, 0.15) is 5.71 Å². The van der Waals surface area contributed by atoms with Crippen molar-refractivity contribution in [3.8, 4) is 5.69 Å². The topological polar surface area (TPSA) is 77.7 Å². The maximum Gasteiger partial charge on any atom is 0.335 e. The molecule has 0 radical (unpaired) electrons. The second kappa shape index (κ2) is 11.4. The summed E-state index contributed by atoms with van der Waals surface area (Å²) in [5, 5.41) is 5.71. The number of para-hydroxylation sites is 1. The van der Waals surface area contributed by atoms with Crippen molar-refractivity contribution in [3.63, 3.8) is 0 Å². The predicted octanol–water partition coefficient (Wildman–Crippen LogP) is 6.59. The third-order valence-electron chi connectivity index (χ3n) is 6.13. The van der Waals surface area contributed by atoms with Crippen LogP contribution in [0.4, 0.5) is 0 Å². The lowest BCUT2D eigenvalue weighted by molar-refractivity contribution is -0.143. The second-order valence-corrected chi connectivity index (χ2v) is 10.4. The van der Waals surface area contributed by atoms with Gasteiger partial charge in [-0.1, -0.05) is 56.1 Å². The maximum absolute atomic E-state index is 13.1. The molecule has 7 heteroatoms. The molecule has 0 saturated heterocycles. The van der Waals surface area contributed by atoms with Crippen LogP contribution < -0.4 is 0 Å². The Balaban J connectivity index is 1.71. The normalized spacial score (nSPS) is 12.7. The molecule has 0 aliphatic heterocycles. The first-order chi connectivity index (χ1) is 17.4.